The molecule has 3 aromatic heterocycles. The number of hydrogen-bond acceptors (Lipinski definition) is 7. The summed E-state index contributed by atoms with van der Waals surface area (Å²) in [4.78, 5) is 39.0. The summed E-state index contributed by atoms with van der Waals surface area (Å²) < 4.78 is 5.10. The smallest absolute Gasteiger partial charge is 0.347 e. The van der Waals surface area contributed by atoms with Gasteiger partial charge in [0.15, 0.2) is 5.65 Å². The van der Waals surface area contributed by atoms with Crippen LogP contribution in [-0.4, -0.2) is 32.6 Å². The van der Waals surface area contributed by atoms with Crippen molar-refractivity contribution in [1.29, 1.82) is 0 Å². The first kappa shape index (κ1) is 18.2. The number of hydrogen-bond donors (Lipinski definition) is 2. The normalized spacial score (nSPS) is 17.2. The molecule has 0 aliphatic carbocycles. The molecule has 2 N–H and O–H groups in total. The lowest BCUT2D eigenvalue weighted by atomic mass is 10.0. The maximum atomic E-state index is 12.9. The van der Waals surface area contributed by atoms with Crippen LogP contribution in [0, 0.1) is 6.92 Å². The maximum absolute atomic E-state index is 12.9. The van der Waals surface area contributed by atoms with Crippen molar-refractivity contribution in [2.45, 2.75) is 45.6 Å². The Hall–Kier alpha value is -3.16. The van der Waals surface area contributed by atoms with Gasteiger partial charge in [0.05, 0.1) is 5.39 Å². The number of nitrogens with one attached hydrogen (secondary N) is 1. The molecular weight excluding hydrogens is 360 g/mol. The van der Waals surface area contributed by atoms with Crippen molar-refractivity contribution in [3.63, 3.8) is 0 Å². The highest BCUT2D eigenvalue weighted by Crippen LogP contribution is 2.30. The van der Waals surface area contributed by atoms with E-state index in [1.165, 1.54) is 18.3 Å². The van der Waals surface area contributed by atoms with Crippen molar-refractivity contribution in [2.24, 2.45) is 0 Å². The summed E-state index contributed by atoms with van der Waals surface area (Å²) in [5.74, 6) is 0.537. The van der Waals surface area contributed by atoms with Crippen LogP contribution >= 0.6 is 0 Å². The number of fused-ring (bicyclic) bond motifs is 1. The third kappa shape index (κ3) is 3.04. The second-order valence-electron chi connectivity index (χ2n) is 7.10. The first-order chi connectivity index (χ1) is 13.5. The predicted molar refractivity (Wildman–Crippen MR) is 106 cm³/mol. The van der Waals surface area contributed by atoms with E-state index >= 15 is 0 Å². The highest BCUT2D eigenvalue weighted by molar-refractivity contribution is 5.93. The number of anilines is 1. The Morgan fingerprint density at radius 1 is 1.36 bits per heavy atom. The summed E-state index contributed by atoms with van der Waals surface area (Å²) in [5, 5.41) is 10.4. The van der Waals surface area contributed by atoms with Gasteiger partial charge in [-0.3, -0.25) is 9.78 Å². The Labute approximate surface area is 160 Å². The highest BCUT2D eigenvalue weighted by atomic mass is 16.4. The van der Waals surface area contributed by atoms with Crippen LogP contribution in [0.5, 0.6) is 5.75 Å². The van der Waals surface area contributed by atoms with E-state index in [-0.39, 0.29) is 33.7 Å². The van der Waals surface area contributed by atoms with Crippen LogP contribution in [0.2, 0.25) is 0 Å². The first-order valence-corrected chi connectivity index (χ1v) is 9.49. The Kier molecular flexibility index (Phi) is 4.62. The van der Waals surface area contributed by atoms with Crippen molar-refractivity contribution in [3.05, 3.63) is 44.9 Å². The fraction of sp³-hybridized carbons (Fsp3) is 0.400. The number of rotatable bonds is 3. The van der Waals surface area contributed by atoms with Crippen LogP contribution < -0.4 is 16.1 Å². The van der Waals surface area contributed by atoms with E-state index < -0.39 is 11.2 Å². The standard InChI is InChI=1S/C20H22N4O4/c1-3-12-6-4-5-9-24(12)20-22-17-16(18(26)23-20)13(7-8-21-17)15-14(25)10-11(2)28-19(15)27/h7-8,10,12,25H,3-6,9H2,1-2H3,(H,21,22,23,26). The van der Waals surface area contributed by atoms with E-state index in [4.69, 9.17) is 4.42 Å². The minimum atomic E-state index is -0.712. The molecule has 1 aliphatic heterocycles. The van der Waals surface area contributed by atoms with Gasteiger partial charge in [0.2, 0.25) is 5.95 Å². The zero-order valence-electron chi connectivity index (χ0n) is 15.9. The number of aromatic hydroxyl groups is 1. The molecule has 28 heavy (non-hydrogen) atoms. The predicted octanol–water partition coefficient (Wildman–Crippen LogP) is 2.72. The molecule has 146 valence electrons. The van der Waals surface area contributed by atoms with E-state index in [9.17, 15) is 14.7 Å². The van der Waals surface area contributed by atoms with Gasteiger partial charge in [0.1, 0.15) is 17.1 Å². The van der Waals surface area contributed by atoms with Gasteiger partial charge < -0.3 is 14.4 Å². The number of aromatic amines is 1. The molecule has 0 bridgehead atoms. The van der Waals surface area contributed by atoms with Gasteiger partial charge in [0, 0.05) is 30.4 Å². The number of aromatic nitrogens is 3. The van der Waals surface area contributed by atoms with Crippen molar-refractivity contribution in [2.75, 3.05) is 11.4 Å². The van der Waals surface area contributed by atoms with E-state index in [1.54, 1.807) is 6.92 Å². The molecule has 0 aromatic carbocycles. The van der Waals surface area contributed by atoms with Gasteiger partial charge in [-0.1, -0.05) is 6.92 Å². The van der Waals surface area contributed by atoms with Crippen LogP contribution in [0.4, 0.5) is 5.95 Å². The Morgan fingerprint density at radius 3 is 2.93 bits per heavy atom. The molecule has 1 unspecified atom stereocenters. The second-order valence-corrected chi connectivity index (χ2v) is 7.10. The van der Waals surface area contributed by atoms with Crippen molar-refractivity contribution in [3.8, 4) is 16.9 Å². The van der Waals surface area contributed by atoms with Crippen molar-refractivity contribution in [1.82, 2.24) is 15.0 Å². The zero-order valence-corrected chi connectivity index (χ0v) is 15.9. The number of aryl methyl sites for hydroxylation is 1. The summed E-state index contributed by atoms with van der Waals surface area (Å²) in [6.07, 6.45) is 5.71. The van der Waals surface area contributed by atoms with Crippen LogP contribution in [0.3, 0.4) is 0 Å². The molecule has 0 saturated carbocycles. The van der Waals surface area contributed by atoms with Gasteiger partial charge in [-0.05, 0) is 38.7 Å². The van der Waals surface area contributed by atoms with Gasteiger partial charge in [-0.15, -0.1) is 0 Å². The molecule has 1 saturated heterocycles. The molecule has 0 spiro atoms. The molecule has 8 heteroatoms. The Bertz CT molecular complexity index is 1150. The monoisotopic (exact) mass is 382 g/mol. The Balaban J connectivity index is 1.91. The summed E-state index contributed by atoms with van der Waals surface area (Å²) in [6, 6.07) is 3.18. The van der Waals surface area contributed by atoms with Gasteiger partial charge in [-0.25, -0.2) is 9.78 Å². The quantitative estimate of drug-likeness (QED) is 0.716. The van der Waals surface area contributed by atoms with Gasteiger partial charge in [0.25, 0.3) is 5.56 Å². The summed E-state index contributed by atoms with van der Waals surface area (Å²) in [7, 11) is 0. The van der Waals surface area contributed by atoms with Gasteiger partial charge >= 0.3 is 5.63 Å². The lowest BCUT2D eigenvalue weighted by Crippen LogP contribution is -2.41. The fourth-order valence-corrected chi connectivity index (χ4v) is 3.94. The molecule has 4 heterocycles. The fourth-order valence-electron chi connectivity index (χ4n) is 3.94. The highest BCUT2D eigenvalue weighted by Gasteiger charge is 2.25. The minimum absolute atomic E-state index is 0.0672. The number of piperidine rings is 1. The van der Waals surface area contributed by atoms with E-state index in [0.717, 1.165) is 32.2 Å². The molecule has 1 atom stereocenters. The van der Waals surface area contributed by atoms with Crippen LogP contribution in [0.25, 0.3) is 22.2 Å². The largest absolute Gasteiger partial charge is 0.507 e. The first-order valence-electron chi connectivity index (χ1n) is 9.49. The lowest BCUT2D eigenvalue weighted by Gasteiger charge is -2.35. The summed E-state index contributed by atoms with van der Waals surface area (Å²) in [5.41, 5.74) is -0.695. The molecule has 1 aliphatic rings. The van der Waals surface area contributed by atoms with Crippen molar-refractivity contribution < 1.29 is 9.52 Å². The minimum Gasteiger partial charge on any atom is -0.507 e. The number of nitrogens with zero attached hydrogens (tertiary/aromatic N) is 3. The van der Waals surface area contributed by atoms with E-state index in [0.29, 0.717) is 12.0 Å². The molecule has 4 rings (SSSR count). The van der Waals surface area contributed by atoms with Crippen molar-refractivity contribution >= 4 is 17.0 Å². The second kappa shape index (κ2) is 7.10. The van der Waals surface area contributed by atoms with E-state index in [1.807, 2.05) is 0 Å². The van der Waals surface area contributed by atoms with Crippen LogP contribution in [0.15, 0.2) is 32.3 Å². The topological polar surface area (TPSA) is 112 Å². The summed E-state index contributed by atoms with van der Waals surface area (Å²) >= 11 is 0. The molecular formula is C20H22N4O4. The van der Waals surface area contributed by atoms with Crippen LogP contribution in [-0.2, 0) is 0 Å². The molecule has 1 fully saturated rings. The molecule has 8 nitrogen and oxygen atoms in total. The SMILES string of the molecule is CCC1CCCCN1c1nc2nccc(-c3c(O)cc(C)oc3=O)c2c(=O)[nH]1. The maximum Gasteiger partial charge on any atom is 0.347 e. The summed E-state index contributed by atoms with van der Waals surface area (Å²) in [6.45, 7) is 4.52. The third-order valence-electron chi connectivity index (χ3n) is 5.29. The average Bonchev–Trinajstić information content (AvgIpc) is 2.67. The van der Waals surface area contributed by atoms with E-state index in [2.05, 4.69) is 26.8 Å². The average molecular weight is 382 g/mol. The van der Waals surface area contributed by atoms with Gasteiger partial charge in [-0.2, -0.15) is 4.98 Å². The molecule has 0 radical (unpaired) electrons. The third-order valence-corrected chi connectivity index (χ3v) is 5.29. The van der Waals surface area contributed by atoms with Crippen LogP contribution in [0.1, 0.15) is 38.4 Å². The number of H-pyrrole nitrogens is 1. The molecule has 0 amide bonds. The molecule has 3 aromatic rings. The Morgan fingerprint density at radius 2 is 2.18 bits per heavy atom. The number of pyridine rings is 1. The lowest BCUT2D eigenvalue weighted by molar-refractivity contribution is 0.438. The zero-order chi connectivity index (χ0) is 19.8.